The summed E-state index contributed by atoms with van der Waals surface area (Å²) in [5, 5.41) is 3.24. The predicted octanol–water partition coefficient (Wildman–Crippen LogP) is 4.18. The van der Waals surface area contributed by atoms with Gasteiger partial charge in [-0.1, -0.05) is 38.1 Å². The summed E-state index contributed by atoms with van der Waals surface area (Å²) in [7, 11) is 1.55. The van der Waals surface area contributed by atoms with Crippen molar-refractivity contribution in [1.82, 2.24) is 4.90 Å². The summed E-state index contributed by atoms with van der Waals surface area (Å²) in [5.74, 6) is 0.470. The summed E-state index contributed by atoms with van der Waals surface area (Å²) in [6.45, 7) is 9.27. The quantitative estimate of drug-likeness (QED) is 0.614. The molecule has 2 amide bonds. The molecule has 0 bridgehead atoms. The van der Waals surface area contributed by atoms with Gasteiger partial charge < -0.3 is 14.8 Å². The first-order chi connectivity index (χ1) is 14.8. The van der Waals surface area contributed by atoms with Crippen molar-refractivity contribution < 1.29 is 19.1 Å². The summed E-state index contributed by atoms with van der Waals surface area (Å²) in [6.07, 6.45) is 0. The first-order valence-electron chi connectivity index (χ1n) is 10.5. The summed E-state index contributed by atoms with van der Waals surface area (Å²) in [6, 6.07) is 13.1. The van der Waals surface area contributed by atoms with Gasteiger partial charge in [0.05, 0.1) is 25.3 Å². The van der Waals surface area contributed by atoms with Crippen molar-refractivity contribution >= 4 is 23.1 Å². The van der Waals surface area contributed by atoms with Gasteiger partial charge in [-0.2, -0.15) is 0 Å². The Morgan fingerprint density at radius 2 is 1.71 bits per heavy atom. The van der Waals surface area contributed by atoms with Gasteiger partial charge in [-0.3, -0.25) is 14.5 Å². The summed E-state index contributed by atoms with van der Waals surface area (Å²) in [4.78, 5) is 27.6. The van der Waals surface area contributed by atoms with Gasteiger partial charge in [0, 0.05) is 12.8 Å². The number of hydrogen-bond donors (Lipinski definition) is 1. The van der Waals surface area contributed by atoms with E-state index in [9.17, 15) is 9.59 Å². The molecular formula is C25H30N2O4. The van der Waals surface area contributed by atoms with E-state index in [1.807, 2.05) is 56.3 Å². The molecule has 1 N–H and O–H groups in total. The molecule has 2 aromatic carbocycles. The van der Waals surface area contributed by atoms with E-state index in [1.165, 1.54) is 4.90 Å². The Morgan fingerprint density at radius 1 is 1.00 bits per heavy atom. The first-order valence-corrected chi connectivity index (χ1v) is 10.5. The maximum Gasteiger partial charge on any atom is 0.278 e. The van der Waals surface area contributed by atoms with Crippen LogP contribution < -0.4 is 10.1 Å². The predicted molar refractivity (Wildman–Crippen MR) is 122 cm³/mol. The van der Waals surface area contributed by atoms with Crippen LogP contribution in [0, 0.1) is 19.8 Å². The van der Waals surface area contributed by atoms with Crippen LogP contribution in [0.15, 0.2) is 48.2 Å². The minimum Gasteiger partial charge on any atom is -0.493 e. The third kappa shape index (κ3) is 4.97. The number of anilines is 1. The lowest BCUT2D eigenvalue weighted by Gasteiger charge is -2.15. The molecule has 0 atom stereocenters. The maximum absolute atomic E-state index is 13.2. The fourth-order valence-corrected chi connectivity index (χ4v) is 3.35. The van der Waals surface area contributed by atoms with Crippen molar-refractivity contribution in [2.75, 3.05) is 32.2 Å². The molecule has 1 aliphatic heterocycles. The lowest BCUT2D eigenvalue weighted by Crippen LogP contribution is -2.35. The van der Waals surface area contributed by atoms with E-state index in [0.717, 1.165) is 22.6 Å². The molecule has 1 heterocycles. The second-order valence-electron chi connectivity index (χ2n) is 8.11. The zero-order valence-electron chi connectivity index (χ0n) is 18.8. The highest BCUT2D eigenvalue weighted by molar-refractivity contribution is 6.36. The molecule has 0 fully saturated rings. The molecule has 6 nitrogen and oxygen atoms in total. The van der Waals surface area contributed by atoms with Crippen LogP contribution in [0.3, 0.4) is 0 Å². The highest BCUT2D eigenvalue weighted by atomic mass is 16.5. The molecule has 0 saturated heterocycles. The number of nitrogens with zero attached hydrogens (tertiary/aromatic N) is 1. The monoisotopic (exact) mass is 422 g/mol. The molecule has 164 valence electrons. The summed E-state index contributed by atoms with van der Waals surface area (Å²) in [5.41, 5.74) is 4.25. The molecule has 0 spiro atoms. The number of imide groups is 1. The van der Waals surface area contributed by atoms with E-state index < -0.39 is 0 Å². The fourth-order valence-electron chi connectivity index (χ4n) is 3.35. The molecule has 6 heteroatoms. The highest BCUT2D eigenvalue weighted by Crippen LogP contribution is 2.32. The van der Waals surface area contributed by atoms with Crippen molar-refractivity contribution in [3.05, 3.63) is 64.9 Å². The number of ether oxygens (including phenoxy) is 2. The van der Waals surface area contributed by atoms with Gasteiger partial charge in [-0.25, -0.2) is 0 Å². The van der Waals surface area contributed by atoms with Crippen LogP contribution in [-0.4, -0.2) is 43.6 Å². The van der Waals surface area contributed by atoms with E-state index in [1.54, 1.807) is 7.11 Å². The van der Waals surface area contributed by atoms with Gasteiger partial charge in [-0.05, 0) is 54.7 Å². The molecule has 0 unspecified atom stereocenters. The summed E-state index contributed by atoms with van der Waals surface area (Å²) < 4.78 is 10.8. The lowest BCUT2D eigenvalue weighted by atomic mass is 10.0. The number of benzene rings is 2. The minimum absolute atomic E-state index is 0.200. The minimum atomic E-state index is -0.349. The van der Waals surface area contributed by atoms with E-state index in [-0.39, 0.29) is 30.7 Å². The maximum atomic E-state index is 13.2. The van der Waals surface area contributed by atoms with Gasteiger partial charge in [0.2, 0.25) is 0 Å². The number of carbonyl (C=O) groups is 2. The van der Waals surface area contributed by atoms with Crippen LogP contribution in [0.4, 0.5) is 5.69 Å². The Morgan fingerprint density at radius 3 is 2.35 bits per heavy atom. The van der Waals surface area contributed by atoms with Crippen molar-refractivity contribution in [3.8, 4) is 5.75 Å². The zero-order chi connectivity index (χ0) is 22.5. The average molecular weight is 423 g/mol. The first kappa shape index (κ1) is 22.6. The second kappa shape index (κ2) is 9.79. The summed E-state index contributed by atoms with van der Waals surface area (Å²) >= 11 is 0. The van der Waals surface area contributed by atoms with Gasteiger partial charge >= 0.3 is 0 Å². The van der Waals surface area contributed by atoms with Crippen LogP contribution in [-0.2, 0) is 14.3 Å². The number of rotatable bonds is 9. The molecule has 0 aromatic heterocycles. The van der Waals surface area contributed by atoms with Crippen molar-refractivity contribution in [1.29, 1.82) is 0 Å². The molecule has 0 saturated carbocycles. The van der Waals surface area contributed by atoms with Gasteiger partial charge in [0.15, 0.2) is 0 Å². The van der Waals surface area contributed by atoms with E-state index in [4.69, 9.17) is 9.47 Å². The Labute approximate surface area is 183 Å². The zero-order valence-corrected chi connectivity index (χ0v) is 18.8. The molecule has 1 aliphatic rings. The normalized spacial score (nSPS) is 14.1. The number of aryl methyl sites for hydroxylation is 1. The Hall–Kier alpha value is -3.12. The van der Waals surface area contributed by atoms with Crippen LogP contribution in [0.25, 0.3) is 5.57 Å². The van der Waals surface area contributed by atoms with Gasteiger partial charge in [-0.15, -0.1) is 0 Å². The largest absolute Gasteiger partial charge is 0.493 e. The average Bonchev–Trinajstić information content (AvgIpc) is 2.98. The molecule has 31 heavy (non-hydrogen) atoms. The SMILES string of the molecule is COCCN1C(=O)C(Nc2cccc(C)c2C)=C(c2ccc(OCC(C)C)cc2)C1=O. The third-order valence-corrected chi connectivity index (χ3v) is 5.28. The fraction of sp³-hybridized carbons (Fsp3) is 0.360. The molecule has 3 rings (SSSR count). The van der Waals surface area contributed by atoms with Crippen LogP contribution in [0.2, 0.25) is 0 Å². The number of nitrogens with one attached hydrogen (secondary N) is 1. The number of amides is 2. The molecule has 0 aliphatic carbocycles. The van der Waals surface area contributed by atoms with Crippen LogP contribution in [0.1, 0.15) is 30.5 Å². The van der Waals surface area contributed by atoms with Gasteiger partial charge in [0.1, 0.15) is 11.4 Å². The van der Waals surface area contributed by atoms with E-state index >= 15 is 0 Å². The second-order valence-corrected chi connectivity index (χ2v) is 8.11. The third-order valence-electron chi connectivity index (χ3n) is 5.28. The van der Waals surface area contributed by atoms with Gasteiger partial charge in [0.25, 0.3) is 11.8 Å². The number of methoxy groups -OCH3 is 1. The Kier molecular flexibility index (Phi) is 7.13. The van der Waals surface area contributed by atoms with Crippen molar-refractivity contribution in [2.24, 2.45) is 5.92 Å². The standard InChI is InChI=1S/C25H30N2O4/c1-16(2)15-31-20-11-9-19(10-12-20)22-23(25(29)27(24(22)28)13-14-30-5)26-21-8-6-7-17(3)18(21)4/h6-12,16,26H,13-15H2,1-5H3. The van der Waals surface area contributed by atoms with Crippen LogP contribution in [0.5, 0.6) is 5.75 Å². The Bertz CT molecular complexity index is 993. The molecule has 0 radical (unpaired) electrons. The lowest BCUT2D eigenvalue weighted by molar-refractivity contribution is -0.137. The van der Waals surface area contributed by atoms with Crippen molar-refractivity contribution in [2.45, 2.75) is 27.7 Å². The number of carbonyl (C=O) groups excluding carboxylic acids is 2. The van der Waals surface area contributed by atoms with Crippen molar-refractivity contribution in [3.63, 3.8) is 0 Å². The molecule has 2 aromatic rings. The topological polar surface area (TPSA) is 67.9 Å². The van der Waals surface area contributed by atoms with Crippen LogP contribution >= 0.6 is 0 Å². The van der Waals surface area contributed by atoms with E-state index in [2.05, 4.69) is 19.2 Å². The smallest absolute Gasteiger partial charge is 0.278 e. The molecular weight excluding hydrogens is 392 g/mol. The number of hydrogen-bond acceptors (Lipinski definition) is 5. The Balaban J connectivity index is 1.98. The van der Waals surface area contributed by atoms with E-state index in [0.29, 0.717) is 23.7 Å². The highest BCUT2D eigenvalue weighted by Gasteiger charge is 2.39.